The summed E-state index contributed by atoms with van der Waals surface area (Å²) in [4.78, 5) is 34.8. The monoisotopic (exact) mass is 381 g/mol. The van der Waals surface area contributed by atoms with Crippen LogP contribution >= 0.6 is 11.3 Å². The summed E-state index contributed by atoms with van der Waals surface area (Å²) < 4.78 is 0. The van der Waals surface area contributed by atoms with Gasteiger partial charge in [0.15, 0.2) is 5.78 Å². The van der Waals surface area contributed by atoms with Crippen LogP contribution in [0, 0.1) is 6.92 Å². The van der Waals surface area contributed by atoms with Crippen LogP contribution in [-0.2, 0) is 0 Å². The van der Waals surface area contributed by atoms with Crippen LogP contribution in [0.1, 0.15) is 31.8 Å². The molecule has 0 bridgehead atoms. The van der Waals surface area contributed by atoms with E-state index in [9.17, 15) is 9.59 Å². The Bertz CT molecular complexity index is 982. The van der Waals surface area contributed by atoms with Gasteiger partial charge in [0.2, 0.25) is 0 Å². The van der Waals surface area contributed by atoms with Crippen LogP contribution in [0.4, 0.5) is 0 Å². The molecule has 0 saturated carbocycles. The van der Waals surface area contributed by atoms with E-state index in [1.807, 2.05) is 61.3 Å². The number of fused-ring (bicyclic) bond motifs is 1. The Balaban J connectivity index is 1.41. The topological polar surface area (TPSA) is 56.4 Å². The van der Waals surface area contributed by atoms with Crippen LogP contribution in [0.5, 0.6) is 0 Å². The normalized spacial score (nSPS) is 16.6. The van der Waals surface area contributed by atoms with Crippen molar-refractivity contribution in [3.8, 4) is 0 Å². The number of benzene rings is 1. The summed E-state index contributed by atoms with van der Waals surface area (Å²) in [6, 6.07) is 11.5. The van der Waals surface area contributed by atoms with E-state index in [1.165, 1.54) is 11.3 Å². The molecule has 1 aliphatic heterocycles. The van der Waals surface area contributed by atoms with Gasteiger partial charge in [-0.2, -0.15) is 0 Å². The van der Waals surface area contributed by atoms with Gasteiger partial charge in [-0.1, -0.05) is 18.2 Å². The van der Waals surface area contributed by atoms with Gasteiger partial charge in [-0.25, -0.2) is 0 Å². The zero-order valence-corrected chi connectivity index (χ0v) is 16.4. The third-order valence-electron chi connectivity index (χ3n) is 5.33. The number of rotatable bonds is 4. The predicted molar refractivity (Wildman–Crippen MR) is 109 cm³/mol. The lowest BCUT2D eigenvalue weighted by atomic mass is 10.0. The molecule has 1 atom stereocenters. The lowest BCUT2D eigenvalue weighted by molar-refractivity contribution is 0.0556. The summed E-state index contributed by atoms with van der Waals surface area (Å²) >= 11 is 1.54. The number of para-hydroxylation sites is 1. The number of nitrogens with zero attached hydrogens (tertiary/aromatic N) is 2. The molecular formula is C21H23N3O2S. The average molecular weight is 382 g/mol. The van der Waals surface area contributed by atoms with Crippen molar-refractivity contribution in [1.82, 2.24) is 14.8 Å². The highest BCUT2D eigenvalue weighted by Crippen LogP contribution is 2.22. The van der Waals surface area contributed by atoms with Crippen molar-refractivity contribution >= 4 is 33.9 Å². The van der Waals surface area contributed by atoms with Gasteiger partial charge in [0.05, 0.1) is 10.9 Å². The minimum Gasteiger partial charge on any atom is -0.360 e. The quantitative estimate of drug-likeness (QED) is 0.703. The molecule has 6 heteroatoms. The fraction of sp³-hybridized carbons (Fsp3) is 0.333. The van der Waals surface area contributed by atoms with E-state index in [1.54, 1.807) is 0 Å². The largest absolute Gasteiger partial charge is 0.360 e. The van der Waals surface area contributed by atoms with Crippen LogP contribution in [0.25, 0.3) is 10.9 Å². The van der Waals surface area contributed by atoms with Crippen LogP contribution in [-0.4, -0.2) is 58.7 Å². The number of hydrogen-bond donors (Lipinski definition) is 1. The van der Waals surface area contributed by atoms with Crippen LogP contribution in [0.15, 0.2) is 42.6 Å². The number of aromatic amines is 1. The molecular weight excluding hydrogens is 358 g/mol. The van der Waals surface area contributed by atoms with E-state index >= 15 is 0 Å². The number of aryl methyl sites for hydroxylation is 1. The average Bonchev–Trinajstić information content (AvgIpc) is 3.33. The number of carbonyl (C=O) groups is 2. The Morgan fingerprint density at radius 2 is 1.81 bits per heavy atom. The standard InChI is InChI=1S/C21H23N3O2S/c1-14-7-8-19(27-14)21(26)24-11-9-23(10-12-24)15(2)20(25)17-13-22-18-6-4-3-5-16(17)18/h3-8,13,15,22H,9-12H2,1-2H3. The summed E-state index contributed by atoms with van der Waals surface area (Å²) in [7, 11) is 0. The number of Topliss-reactive ketones (excluding diaryl/α,β-unsaturated/α-hetero) is 1. The first-order valence-electron chi connectivity index (χ1n) is 9.24. The molecule has 0 radical (unpaired) electrons. The molecule has 27 heavy (non-hydrogen) atoms. The van der Waals surface area contributed by atoms with Gasteiger partial charge >= 0.3 is 0 Å². The Morgan fingerprint density at radius 1 is 1.07 bits per heavy atom. The number of H-pyrrole nitrogens is 1. The molecule has 1 saturated heterocycles. The van der Waals surface area contributed by atoms with Gasteiger partial charge in [-0.3, -0.25) is 14.5 Å². The molecule has 2 aromatic heterocycles. The second-order valence-corrected chi connectivity index (χ2v) is 8.31. The molecule has 5 nitrogen and oxygen atoms in total. The molecule has 3 aromatic rings. The van der Waals surface area contributed by atoms with Crippen LogP contribution in [0.2, 0.25) is 0 Å². The minimum absolute atomic E-state index is 0.100. The number of hydrogen-bond acceptors (Lipinski definition) is 4. The van der Waals surface area contributed by atoms with E-state index in [-0.39, 0.29) is 17.7 Å². The molecule has 0 aliphatic carbocycles. The number of amides is 1. The Hall–Kier alpha value is -2.44. The molecule has 0 spiro atoms. The first-order valence-corrected chi connectivity index (χ1v) is 10.1. The second kappa shape index (κ2) is 7.29. The first kappa shape index (κ1) is 17.9. The van der Waals surface area contributed by atoms with E-state index in [0.29, 0.717) is 26.2 Å². The molecule has 4 rings (SSSR count). The lowest BCUT2D eigenvalue weighted by Crippen LogP contribution is -2.53. The minimum atomic E-state index is -0.203. The number of piperazine rings is 1. The molecule has 1 N–H and O–H groups in total. The number of ketones is 1. The summed E-state index contributed by atoms with van der Waals surface area (Å²) in [5.41, 5.74) is 1.72. The molecule has 1 aliphatic rings. The van der Waals surface area contributed by atoms with Gasteiger partial charge in [0, 0.05) is 53.7 Å². The Kier molecular flexibility index (Phi) is 4.85. The zero-order valence-electron chi connectivity index (χ0n) is 15.6. The SMILES string of the molecule is Cc1ccc(C(=O)N2CCN(C(C)C(=O)c3c[nH]c4ccccc34)CC2)s1. The smallest absolute Gasteiger partial charge is 0.264 e. The number of thiophene rings is 1. The zero-order chi connectivity index (χ0) is 19.0. The number of carbonyl (C=O) groups excluding carboxylic acids is 2. The van der Waals surface area contributed by atoms with Gasteiger partial charge in [0.25, 0.3) is 5.91 Å². The van der Waals surface area contributed by atoms with Crippen molar-refractivity contribution in [3.05, 3.63) is 57.9 Å². The highest BCUT2D eigenvalue weighted by atomic mass is 32.1. The summed E-state index contributed by atoms with van der Waals surface area (Å²) in [6.07, 6.45) is 1.81. The van der Waals surface area contributed by atoms with Gasteiger partial charge < -0.3 is 9.88 Å². The Labute approximate surface area is 162 Å². The van der Waals surface area contributed by atoms with Crippen molar-refractivity contribution < 1.29 is 9.59 Å². The third kappa shape index (κ3) is 3.42. The van der Waals surface area contributed by atoms with Crippen molar-refractivity contribution in [2.75, 3.05) is 26.2 Å². The van der Waals surface area contributed by atoms with E-state index in [4.69, 9.17) is 0 Å². The van der Waals surface area contributed by atoms with E-state index < -0.39 is 0 Å². The van der Waals surface area contributed by atoms with Crippen molar-refractivity contribution in [2.45, 2.75) is 19.9 Å². The fourth-order valence-electron chi connectivity index (χ4n) is 3.68. The molecule has 1 amide bonds. The van der Waals surface area contributed by atoms with Crippen LogP contribution in [0.3, 0.4) is 0 Å². The lowest BCUT2D eigenvalue weighted by Gasteiger charge is -2.37. The van der Waals surface area contributed by atoms with Gasteiger partial charge in [-0.15, -0.1) is 11.3 Å². The predicted octanol–water partition coefficient (Wildman–Crippen LogP) is 3.57. The van der Waals surface area contributed by atoms with E-state index in [0.717, 1.165) is 26.2 Å². The summed E-state index contributed by atoms with van der Waals surface area (Å²) in [5.74, 6) is 0.226. The number of aromatic nitrogens is 1. The first-order chi connectivity index (χ1) is 13.0. The molecule has 1 aromatic carbocycles. The fourth-order valence-corrected chi connectivity index (χ4v) is 4.52. The summed E-state index contributed by atoms with van der Waals surface area (Å²) in [5, 5.41) is 0.969. The van der Waals surface area contributed by atoms with E-state index in [2.05, 4.69) is 9.88 Å². The summed E-state index contributed by atoms with van der Waals surface area (Å²) in [6.45, 7) is 6.71. The highest BCUT2D eigenvalue weighted by Gasteiger charge is 2.29. The maximum atomic E-state index is 13.0. The van der Waals surface area contributed by atoms with Crippen molar-refractivity contribution in [2.24, 2.45) is 0 Å². The molecule has 1 fully saturated rings. The molecule has 140 valence electrons. The second-order valence-electron chi connectivity index (χ2n) is 7.03. The molecule has 1 unspecified atom stereocenters. The maximum absolute atomic E-state index is 13.0. The van der Waals surface area contributed by atoms with Gasteiger partial charge in [0.1, 0.15) is 0 Å². The van der Waals surface area contributed by atoms with Crippen LogP contribution < -0.4 is 0 Å². The number of nitrogens with one attached hydrogen (secondary N) is 1. The third-order valence-corrected chi connectivity index (χ3v) is 6.32. The Morgan fingerprint density at radius 3 is 2.52 bits per heavy atom. The van der Waals surface area contributed by atoms with Crippen molar-refractivity contribution in [1.29, 1.82) is 0 Å². The van der Waals surface area contributed by atoms with Crippen molar-refractivity contribution in [3.63, 3.8) is 0 Å². The highest BCUT2D eigenvalue weighted by molar-refractivity contribution is 7.13. The van der Waals surface area contributed by atoms with Gasteiger partial charge in [-0.05, 0) is 32.0 Å². The molecule has 3 heterocycles. The maximum Gasteiger partial charge on any atom is 0.264 e.